The number of hydrogen-bond donors (Lipinski definition) is 3. The Labute approximate surface area is 131 Å². The molecule has 0 radical (unpaired) electrons. The number of carbonyl (C=O) groups is 3. The van der Waals surface area contributed by atoms with Crippen molar-refractivity contribution in [3.63, 3.8) is 0 Å². The fourth-order valence-corrected chi connectivity index (χ4v) is 3.66. The van der Waals surface area contributed by atoms with Gasteiger partial charge in [-0.2, -0.15) is 0 Å². The predicted molar refractivity (Wildman–Crippen MR) is 81.4 cm³/mol. The molecule has 0 saturated heterocycles. The Balaban J connectivity index is 2.12. The topological polar surface area (TPSA) is 105 Å². The van der Waals surface area contributed by atoms with Crippen LogP contribution in [0.2, 0.25) is 0 Å². The maximum atomic E-state index is 11.8. The van der Waals surface area contributed by atoms with Gasteiger partial charge in [0.25, 0.3) is 0 Å². The lowest BCUT2D eigenvalue weighted by Gasteiger charge is -2.10. The summed E-state index contributed by atoms with van der Waals surface area (Å²) in [7, 11) is 1.49. The molecule has 1 aliphatic rings. The lowest BCUT2D eigenvalue weighted by atomic mass is 9.95. The van der Waals surface area contributed by atoms with Crippen LogP contribution in [0, 0.1) is 0 Å². The number of nitrogens with one attached hydrogen (secondary N) is 2. The van der Waals surface area contributed by atoms with Crippen LogP contribution in [-0.4, -0.2) is 43.2 Å². The average molecular weight is 326 g/mol. The number of fused-ring (bicyclic) bond motifs is 1. The van der Waals surface area contributed by atoms with Crippen LogP contribution in [0.1, 0.15) is 33.6 Å². The van der Waals surface area contributed by atoms with Crippen LogP contribution in [-0.2, 0) is 27.2 Å². The second kappa shape index (κ2) is 7.37. The highest BCUT2D eigenvalue weighted by Crippen LogP contribution is 2.38. The third-order valence-electron chi connectivity index (χ3n) is 3.41. The van der Waals surface area contributed by atoms with Gasteiger partial charge in [-0.3, -0.25) is 9.59 Å². The van der Waals surface area contributed by atoms with E-state index in [4.69, 9.17) is 4.74 Å². The first-order chi connectivity index (χ1) is 10.5. The van der Waals surface area contributed by atoms with Crippen molar-refractivity contribution in [2.75, 3.05) is 25.6 Å². The molecule has 120 valence electrons. The molecule has 0 bridgehead atoms. The van der Waals surface area contributed by atoms with Crippen LogP contribution in [0.5, 0.6) is 0 Å². The number of aryl methyl sites for hydroxylation is 1. The highest BCUT2D eigenvalue weighted by atomic mass is 32.1. The van der Waals surface area contributed by atoms with E-state index < -0.39 is 17.8 Å². The van der Waals surface area contributed by atoms with E-state index in [9.17, 15) is 19.5 Å². The van der Waals surface area contributed by atoms with Crippen molar-refractivity contribution in [1.29, 1.82) is 0 Å². The maximum absolute atomic E-state index is 11.8. The summed E-state index contributed by atoms with van der Waals surface area (Å²) in [5, 5.41) is 14.4. The van der Waals surface area contributed by atoms with Gasteiger partial charge >= 0.3 is 17.8 Å². The fraction of sp³-hybridized carbons (Fsp3) is 0.500. The molecular weight excluding hydrogens is 308 g/mol. The van der Waals surface area contributed by atoms with Crippen molar-refractivity contribution in [1.82, 2.24) is 5.32 Å². The summed E-state index contributed by atoms with van der Waals surface area (Å²) in [6.45, 7) is 0.516. The summed E-state index contributed by atoms with van der Waals surface area (Å²) in [6.07, 6.45) is 3.46. The molecule has 2 amide bonds. The second-order valence-corrected chi connectivity index (χ2v) is 6.03. The van der Waals surface area contributed by atoms with E-state index in [1.165, 1.54) is 18.4 Å². The van der Waals surface area contributed by atoms with Crippen LogP contribution in [0.4, 0.5) is 5.00 Å². The minimum atomic E-state index is -1.07. The summed E-state index contributed by atoms with van der Waals surface area (Å²) in [5.41, 5.74) is 0.914. The molecule has 0 unspecified atom stereocenters. The third-order valence-corrected chi connectivity index (χ3v) is 4.62. The van der Waals surface area contributed by atoms with Crippen LogP contribution in [0.15, 0.2) is 0 Å². The van der Waals surface area contributed by atoms with Gasteiger partial charge in [0.2, 0.25) is 0 Å². The van der Waals surface area contributed by atoms with Crippen LogP contribution >= 0.6 is 11.3 Å². The van der Waals surface area contributed by atoms with E-state index in [0.717, 1.165) is 29.7 Å². The van der Waals surface area contributed by atoms with E-state index in [-0.39, 0.29) is 17.1 Å². The molecule has 2 rings (SSSR count). The number of hydrogen-bond acceptors (Lipinski definition) is 5. The SMILES string of the molecule is COCCNC(=O)C(=O)Nc1sc2c(c1C(=O)O)CCCC2. The van der Waals surface area contributed by atoms with Gasteiger partial charge in [-0.25, -0.2) is 4.79 Å². The number of ether oxygens (including phenoxy) is 1. The third kappa shape index (κ3) is 3.63. The lowest BCUT2D eigenvalue weighted by Crippen LogP contribution is -2.37. The smallest absolute Gasteiger partial charge is 0.339 e. The molecule has 1 aromatic rings. The summed E-state index contributed by atoms with van der Waals surface area (Å²) in [5.74, 6) is -2.74. The largest absolute Gasteiger partial charge is 0.478 e. The summed E-state index contributed by atoms with van der Waals surface area (Å²) in [4.78, 5) is 35.9. The quantitative estimate of drug-likeness (QED) is 0.554. The van der Waals surface area contributed by atoms with Crippen molar-refractivity contribution in [2.45, 2.75) is 25.7 Å². The number of methoxy groups -OCH3 is 1. The minimum absolute atomic E-state index is 0.123. The molecular formula is C14H18N2O5S. The van der Waals surface area contributed by atoms with Crippen molar-refractivity contribution >= 4 is 34.1 Å². The maximum Gasteiger partial charge on any atom is 0.339 e. The Hall–Kier alpha value is -1.93. The van der Waals surface area contributed by atoms with Crippen molar-refractivity contribution < 1.29 is 24.2 Å². The predicted octanol–water partition coefficient (Wildman–Crippen LogP) is 1.03. The fourth-order valence-electron chi connectivity index (χ4n) is 2.39. The molecule has 1 aliphatic carbocycles. The summed E-state index contributed by atoms with van der Waals surface area (Å²) >= 11 is 1.25. The number of carboxylic acids is 1. The summed E-state index contributed by atoms with van der Waals surface area (Å²) < 4.78 is 4.77. The van der Waals surface area contributed by atoms with E-state index in [1.54, 1.807) is 0 Å². The van der Waals surface area contributed by atoms with Gasteiger partial charge in [0.15, 0.2) is 0 Å². The molecule has 7 nitrogen and oxygen atoms in total. The van der Waals surface area contributed by atoms with E-state index >= 15 is 0 Å². The number of carboxylic acid groups (broad SMARTS) is 1. The Morgan fingerprint density at radius 1 is 1.23 bits per heavy atom. The number of anilines is 1. The van der Waals surface area contributed by atoms with E-state index in [2.05, 4.69) is 10.6 Å². The zero-order chi connectivity index (χ0) is 16.1. The molecule has 0 saturated carbocycles. The number of carbonyl (C=O) groups excluding carboxylic acids is 2. The zero-order valence-corrected chi connectivity index (χ0v) is 13.0. The first-order valence-corrected chi connectivity index (χ1v) is 7.82. The van der Waals surface area contributed by atoms with E-state index in [1.807, 2.05) is 0 Å². The molecule has 0 aromatic carbocycles. The van der Waals surface area contributed by atoms with Crippen molar-refractivity contribution in [3.8, 4) is 0 Å². The van der Waals surface area contributed by atoms with Gasteiger partial charge in [0, 0.05) is 18.5 Å². The molecule has 0 spiro atoms. The highest BCUT2D eigenvalue weighted by molar-refractivity contribution is 7.17. The molecule has 1 aromatic heterocycles. The number of amides is 2. The molecule has 22 heavy (non-hydrogen) atoms. The van der Waals surface area contributed by atoms with E-state index in [0.29, 0.717) is 13.0 Å². The van der Waals surface area contributed by atoms with Crippen molar-refractivity contribution in [2.24, 2.45) is 0 Å². The van der Waals surface area contributed by atoms with Gasteiger partial charge in [0.1, 0.15) is 5.00 Å². The molecule has 0 atom stereocenters. The number of aromatic carboxylic acids is 1. The monoisotopic (exact) mass is 326 g/mol. The molecule has 1 heterocycles. The van der Waals surface area contributed by atoms with Gasteiger partial charge in [0.05, 0.1) is 12.2 Å². The Kier molecular flexibility index (Phi) is 5.51. The lowest BCUT2D eigenvalue weighted by molar-refractivity contribution is -0.136. The first-order valence-electron chi connectivity index (χ1n) is 7.00. The van der Waals surface area contributed by atoms with Gasteiger partial charge in [-0.15, -0.1) is 11.3 Å². The standard InChI is InChI=1S/C14H18N2O5S/c1-21-7-6-15-11(17)12(18)16-13-10(14(19)20)8-4-2-3-5-9(8)22-13/h2-7H2,1H3,(H,15,17)(H,16,18)(H,19,20). The Bertz CT molecular complexity index is 596. The first kappa shape index (κ1) is 16.4. The minimum Gasteiger partial charge on any atom is -0.478 e. The van der Waals surface area contributed by atoms with Gasteiger partial charge in [-0.1, -0.05) is 0 Å². The number of rotatable bonds is 5. The average Bonchev–Trinajstić information content (AvgIpc) is 2.85. The normalized spacial score (nSPS) is 13.3. The molecule has 8 heteroatoms. The van der Waals surface area contributed by atoms with Gasteiger partial charge in [-0.05, 0) is 31.2 Å². The highest BCUT2D eigenvalue weighted by Gasteiger charge is 2.27. The van der Waals surface area contributed by atoms with Crippen molar-refractivity contribution in [3.05, 3.63) is 16.0 Å². The summed E-state index contributed by atoms with van der Waals surface area (Å²) in [6, 6.07) is 0. The second-order valence-electron chi connectivity index (χ2n) is 4.92. The van der Waals surface area contributed by atoms with Crippen LogP contribution < -0.4 is 10.6 Å². The Morgan fingerprint density at radius 2 is 1.95 bits per heavy atom. The molecule has 0 fully saturated rings. The molecule has 3 N–H and O–H groups in total. The number of thiophene rings is 1. The van der Waals surface area contributed by atoms with Crippen LogP contribution in [0.25, 0.3) is 0 Å². The zero-order valence-electron chi connectivity index (χ0n) is 12.2. The Morgan fingerprint density at radius 3 is 2.64 bits per heavy atom. The molecule has 0 aliphatic heterocycles. The van der Waals surface area contributed by atoms with Crippen LogP contribution in [0.3, 0.4) is 0 Å². The van der Waals surface area contributed by atoms with Gasteiger partial charge < -0.3 is 20.5 Å².